The largest absolute Gasteiger partial charge is 0.508 e. The topological polar surface area (TPSA) is 331 Å². The zero-order valence-electron chi connectivity index (χ0n) is 45.1. The Bertz CT molecular complexity index is 2730. The molecule has 29 nitrogen and oxygen atoms in total. The summed E-state index contributed by atoms with van der Waals surface area (Å²) >= 11 is 5.94. The highest BCUT2D eigenvalue weighted by Crippen LogP contribution is 2.42. The Morgan fingerprint density at radius 3 is 1.86 bits per heavy atom. The molecule has 454 valence electrons. The van der Waals surface area contributed by atoms with Crippen molar-refractivity contribution in [3.05, 3.63) is 123 Å². The van der Waals surface area contributed by atoms with Crippen LogP contribution in [0.1, 0.15) is 54.4 Å². The maximum absolute atomic E-state index is 15.7. The van der Waals surface area contributed by atoms with E-state index in [2.05, 4.69) is 19.5 Å². The fraction of sp³-hybridized carbons (Fsp3) is 0.549. The zero-order valence-corrected chi connectivity index (χ0v) is 45.8. The predicted octanol–water partition coefficient (Wildman–Crippen LogP) is 5.91. The van der Waals surface area contributed by atoms with Crippen molar-refractivity contribution in [3.8, 4) is 11.6 Å². The first kappa shape index (κ1) is 64.0. The molecule has 1 aromatic heterocycles. The van der Waals surface area contributed by atoms with Crippen molar-refractivity contribution in [3.63, 3.8) is 0 Å². The van der Waals surface area contributed by atoms with Crippen LogP contribution in [0.3, 0.4) is 0 Å². The van der Waals surface area contributed by atoms with Crippen molar-refractivity contribution in [2.45, 2.75) is 70.1 Å². The Kier molecular flexibility index (Phi) is 25.5. The van der Waals surface area contributed by atoms with E-state index in [1.165, 1.54) is 16.0 Å². The molecular formula is C51H62ClF2N7O22. The van der Waals surface area contributed by atoms with Crippen LogP contribution in [0.4, 0.5) is 23.2 Å². The predicted molar refractivity (Wildman–Crippen MR) is 278 cm³/mol. The van der Waals surface area contributed by atoms with Gasteiger partial charge in [-0.1, -0.05) is 35.9 Å². The van der Waals surface area contributed by atoms with Crippen molar-refractivity contribution in [1.29, 1.82) is 0 Å². The number of ether oxygens (including phenoxy) is 9. The Hall–Kier alpha value is -8.16. The van der Waals surface area contributed by atoms with Crippen molar-refractivity contribution >= 4 is 41.4 Å². The molecule has 3 heterocycles. The molecule has 0 N–H and O–H groups in total. The van der Waals surface area contributed by atoms with Crippen LogP contribution in [-0.4, -0.2) is 190 Å². The highest BCUT2D eigenvalue weighted by atomic mass is 35.5. The molecule has 3 aliphatic rings. The number of aromatic nitrogens is 1. The molecule has 2 aromatic carbocycles. The van der Waals surface area contributed by atoms with Crippen molar-refractivity contribution in [2.75, 3.05) is 112 Å². The van der Waals surface area contributed by atoms with Gasteiger partial charge in [0.25, 0.3) is 21.2 Å². The first-order valence-electron chi connectivity index (χ1n) is 26.2. The van der Waals surface area contributed by atoms with Crippen LogP contribution in [0, 0.1) is 48.9 Å². The van der Waals surface area contributed by atoms with Gasteiger partial charge in [-0.15, -0.1) is 30.3 Å². The van der Waals surface area contributed by atoms with Gasteiger partial charge in [-0.25, -0.2) is 28.1 Å². The normalized spacial score (nSPS) is 15.4. The van der Waals surface area contributed by atoms with Gasteiger partial charge in [0.05, 0.1) is 71.5 Å². The number of nitrogens with zero attached hydrogens (tertiary/aromatic N) is 7. The summed E-state index contributed by atoms with van der Waals surface area (Å²) in [7, 11) is 0. The number of fused-ring (bicyclic) bond motifs is 2. The lowest BCUT2D eigenvalue weighted by Gasteiger charge is -2.50. The van der Waals surface area contributed by atoms with Crippen LogP contribution in [0.2, 0.25) is 5.02 Å². The van der Waals surface area contributed by atoms with Gasteiger partial charge in [0.15, 0.2) is 11.6 Å². The maximum atomic E-state index is 15.7. The molecule has 1 saturated heterocycles. The van der Waals surface area contributed by atoms with E-state index in [1.807, 2.05) is 24.3 Å². The standard InChI is InChI=1S/C51H62ClF2N7O22/c1-34-37(13-14-55-47(34)76-16-3-17-79-51(65)80-26-20-74-23-29-83-61(70)71)31-57(38-9-10-38)48(62)44-40(36-7-5-35(6-8-36)4-2-15-75-46-42(54)12-11-41(53)45(46)52)30-39-32-56(49(63)77-24-18-72-21-27-81-59(66)67)33-43(44)58(39)50(64)78-25-19-73-22-28-82-60(68)69/h5-8,11-14,38-39,43H,2-4,9-10,15-33H2,1H3. The second-order valence-electron chi connectivity index (χ2n) is 18.3. The van der Waals surface area contributed by atoms with Gasteiger partial charge in [-0.3, -0.25) is 9.69 Å². The molecule has 83 heavy (non-hydrogen) atoms. The molecule has 2 fully saturated rings. The Morgan fingerprint density at radius 1 is 0.675 bits per heavy atom. The molecule has 6 rings (SSSR count). The number of hydrogen-bond donors (Lipinski definition) is 0. The minimum atomic E-state index is -1.13. The molecule has 1 aliphatic carbocycles. The third-order valence-corrected chi connectivity index (χ3v) is 13.1. The van der Waals surface area contributed by atoms with E-state index in [0.29, 0.717) is 47.9 Å². The molecule has 0 spiro atoms. The lowest BCUT2D eigenvalue weighted by atomic mass is 9.81. The Morgan fingerprint density at radius 2 is 1.24 bits per heavy atom. The quantitative estimate of drug-likeness (QED) is 0.0163. The van der Waals surface area contributed by atoms with Gasteiger partial charge >= 0.3 is 18.3 Å². The number of halogens is 3. The van der Waals surface area contributed by atoms with Crippen molar-refractivity contribution < 1.29 is 100 Å². The van der Waals surface area contributed by atoms with E-state index in [4.69, 9.17) is 54.2 Å². The van der Waals surface area contributed by atoms with Crippen LogP contribution in [0.5, 0.6) is 11.6 Å². The summed E-state index contributed by atoms with van der Waals surface area (Å²) in [5.41, 5.74) is 3.55. The van der Waals surface area contributed by atoms with E-state index < -0.39 is 74.0 Å². The number of aryl methyl sites for hydroxylation is 1. The third-order valence-electron chi connectivity index (χ3n) is 12.7. The number of pyridine rings is 1. The number of hydrogen-bond acceptors (Lipinski definition) is 23. The van der Waals surface area contributed by atoms with E-state index in [1.54, 1.807) is 17.9 Å². The number of carbonyl (C=O) groups excluding carboxylic acids is 4. The number of piperazine rings is 1. The van der Waals surface area contributed by atoms with Gasteiger partial charge in [0.1, 0.15) is 50.5 Å². The van der Waals surface area contributed by atoms with Gasteiger partial charge in [0.2, 0.25) is 5.88 Å². The highest BCUT2D eigenvalue weighted by Gasteiger charge is 2.50. The average Bonchev–Trinajstić information content (AvgIpc) is 2.99. The molecule has 2 bridgehead atoms. The van der Waals surface area contributed by atoms with Gasteiger partial charge in [0, 0.05) is 49.4 Å². The third kappa shape index (κ3) is 20.4. The molecule has 2 atom stereocenters. The molecule has 1 saturated carbocycles. The molecule has 3 aromatic rings. The van der Waals surface area contributed by atoms with Crippen LogP contribution >= 0.6 is 11.6 Å². The first-order valence-corrected chi connectivity index (χ1v) is 26.6. The van der Waals surface area contributed by atoms with Crippen LogP contribution in [0.25, 0.3) is 5.57 Å². The molecule has 0 radical (unpaired) electrons. The summed E-state index contributed by atoms with van der Waals surface area (Å²) in [6.07, 6.45) is 1.38. The molecule has 2 aliphatic heterocycles. The molecule has 3 amide bonds. The summed E-state index contributed by atoms with van der Waals surface area (Å²) in [4.78, 5) is 109. The minimum Gasteiger partial charge on any atom is -0.489 e. The lowest BCUT2D eigenvalue weighted by Crippen LogP contribution is -2.65. The first-order chi connectivity index (χ1) is 40.0. The average molecular weight is 1200 g/mol. The van der Waals surface area contributed by atoms with Gasteiger partial charge in [-0.05, 0) is 79.5 Å². The highest BCUT2D eigenvalue weighted by molar-refractivity contribution is 6.32. The van der Waals surface area contributed by atoms with Crippen molar-refractivity contribution in [2.24, 2.45) is 0 Å². The fourth-order valence-corrected chi connectivity index (χ4v) is 8.98. The van der Waals surface area contributed by atoms with E-state index in [9.17, 15) is 53.5 Å². The zero-order chi connectivity index (χ0) is 59.7. The number of carbonyl (C=O) groups is 4. The second-order valence-corrected chi connectivity index (χ2v) is 18.7. The number of rotatable bonds is 36. The molecule has 32 heteroatoms. The fourth-order valence-electron chi connectivity index (χ4n) is 8.77. The monoisotopic (exact) mass is 1200 g/mol. The smallest absolute Gasteiger partial charge is 0.489 e. The van der Waals surface area contributed by atoms with Gasteiger partial charge < -0.3 is 66.9 Å². The van der Waals surface area contributed by atoms with Crippen molar-refractivity contribution in [1.82, 2.24) is 19.7 Å². The summed E-state index contributed by atoms with van der Waals surface area (Å²) < 4.78 is 76.9. The Balaban J connectivity index is 1.22. The summed E-state index contributed by atoms with van der Waals surface area (Å²) in [6, 6.07) is 8.77. The summed E-state index contributed by atoms with van der Waals surface area (Å²) in [5, 5.41) is 27.9. The molecule has 2 unspecified atom stereocenters. The lowest BCUT2D eigenvalue weighted by molar-refractivity contribution is -0.758. The summed E-state index contributed by atoms with van der Waals surface area (Å²) in [5.74, 6) is -2.21. The van der Waals surface area contributed by atoms with E-state index in [0.717, 1.165) is 17.7 Å². The van der Waals surface area contributed by atoms with Crippen LogP contribution < -0.4 is 9.47 Å². The van der Waals surface area contributed by atoms with Crippen LogP contribution in [-0.2, 0) is 65.4 Å². The minimum absolute atomic E-state index is 0.0117. The Labute approximate surface area is 477 Å². The van der Waals surface area contributed by atoms with E-state index >= 15 is 4.79 Å². The second kappa shape index (κ2) is 33.1. The van der Waals surface area contributed by atoms with E-state index in [-0.39, 0.29) is 149 Å². The maximum Gasteiger partial charge on any atom is 0.508 e. The number of amides is 3. The van der Waals surface area contributed by atoms with Gasteiger partial charge in [-0.2, -0.15) is 0 Å². The van der Waals surface area contributed by atoms with Crippen LogP contribution in [0.15, 0.2) is 54.2 Å². The SMILES string of the molecule is Cc1c(CN(C(=O)C2=C(c3ccc(CCCOc4c(F)ccc(F)c4Cl)cc3)CC3CN(C(=O)OCCOCCO[N+](=O)[O-])CC2N3C(=O)OCCOCCO[N+](=O)[O-])C2CC2)ccnc1OCCCOC(=O)OCCOCCO[N+](=O)[O-]. The summed E-state index contributed by atoms with van der Waals surface area (Å²) in [6.45, 7) is -0.849. The number of benzene rings is 2. The molecular weight excluding hydrogens is 1140 g/mol.